The molecule has 5 nitrogen and oxygen atoms in total. The average molecular weight is 283 g/mol. The minimum Gasteiger partial charge on any atom is -0.478 e. The van der Waals surface area contributed by atoms with E-state index >= 15 is 0 Å². The summed E-state index contributed by atoms with van der Waals surface area (Å²) in [4.78, 5) is 24.6. The average Bonchev–Trinajstić information content (AvgIpc) is 2.38. The molecule has 1 saturated heterocycles. The highest BCUT2D eigenvalue weighted by atomic mass is 35.5. The van der Waals surface area contributed by atoms with Crippen molar-refractivity contribution in [3.8, 4) is 0 Å². The topological polar surface area (TPSA) is 83.6 Å². The lowest BCUT2D eigenvalue weighted by molar-refractivity contribution is -0.119. The molecule has 1 aromatic rings. The first kappa shape index (κ1) is 13.7. The highest BCUT2D eigenvalue weighted by Crippen LogP contribution is 2.30. The molecule has 1 amide bonds. The number of amides is 1. The molecule has 6 heteroatoms. The number of carboxylic acid groups (broad SMARTS) is 1. The molecule has 2 rings (SSSR count). The maximum absolute atomic E-state index is 11.5. The zero-order chi connectivity index (χ0) is 14.0. The van der Waals surface area contributed by atoms with Gasteiger partial charge < -0.3 is 15.7 Å². The number of piperidine rings is 1. The van der Waals surface area contributed by atoms with Crippen molar-refractivity contribution in [1.82, 2.24) is 0 Å². The second-order valence-electron chi connectivity index (χ2n) is 4.57. The fourth-order valence-electron chi connectivity index (χ4n) is 2.45. The number of rotatable bonds is 3. The zero-order valence-electron chi connectivity index (χ0n) is 10.3. The van der Waals surface area contributed by atoms with E-state index < -0.39 is 17.9 Å². The van der Waals surface area contributed by atoms with E-state index in [0.29, 0.717) is 23.7 Å². The number of nitrogens with two attached hydrogens (primary N) is 1. The van der Waals surface area contributed by atoms with Crippen LogP contribution in [0.4, 0.5) is 5.69 Å². The molecule has 19 heavy (non-hydrogen) atoms. The van der Waals surface area contributed by atoms with Crippen LogP contribution in [0, 0.1) is 0 Å². The number of nitrogens with zero attached hydrogens (tertiary/aromatic N) is 1. The van der Waals surface area contributed by atoms with Gasteiger partial charge in [0.15, 0.2) is 0 Å². The first-order valence-electron chi connectivity index (χ1n) is 6.09. The van der Waals surface area contributed by atoms with Crippen LogP contribution in [0.2, 0.25) is 5.02 Å². The van der Waals surface area contributed by atoms with Crippen LogP contribution in [0.5, 0.6) is 0 Å². The van der Waals surface area contributed by atoms with Gasteiger partial charge in [-0.05, 0) is 37.5 Å². The number of hydrogen-bond donors (Lipinski definition) is 2. The van der Waals surface area contributed by atoms with Crippen LogP contribution in [0.3, 0.4) is 0 Å². The largest absolute Gasteiger partial charge is 0.478 e. The third-order valence-electron chi connectivity index (χ3n) is 3.33. The summed E-state index contributed by atoms with van der Waals surface area (Å²) in [5.74, 6) is -1.49. The van der Waals surface area contributed by atoms with Gasteiger partial charge in [-0.3, -0.25) is 4.79 Å². The maximum Gasteiger partial charge on any atom is 0.337 e. The van der Waals surface area contributed by atoms with Gasteiger partial charge in [0, 0.05) is 11.6 Å². The quantitative estimate of drug-likeness (QED) is 0.887. The summed E-state index contributed by atoms with van der Waals surface area (Å²) in [6, 6.07) is 4.20. The molecule has 1 aromatic carbocycles. The molecule has 102 valence electrons. The van der Waals surface area contributed by atoms with Crippen molar-refractivity contribution in [1.29, 1.82) is 0 Å². The van der Waals surface area contributed by atoms with Crippen LogP contribution in [0.15, 0.2) is 18.2 Å². The Hall–Kier alpha value is -1.75. The van der Waals surface area contributed by atoms with E-state index in [0.717, 1.165) is 12.8 Å². The van der Waals surface area contributed by atoms with E-state index in [4.69, 9.17) is 17.3 Å². The number of hydrogen-bond acceptors (Lipinski definition) is 3. The lowest BCUT2D eigenvalue weighted by Gasteiger charge is -2.36. The third-order valence-corrected chi connectivity index (χ3v) is 3.56. The van der Waals surface area contributed by atoms with Crippen molar-refractivity contribution >= 4 is 29.2 Å². The summed E-state index contributed by atoms with van der Waals surface area (Å²) in [6.45, 7) is 0.621. The van der Waals surface area contributed by atoms with Crippen LogP contribution >= 0.6 is 11.6 Å². The van der Waals surface area contributed by atoms with Gasteiger partial charge >= 0.3 is 5.97 Å². The predicted molar refractivity (Wildman–Crippen MR) is 72.6 cm³/mol. The Morgan fingerprint density at radius 2 is 2.11 bits per heavy atom. The minimum atomic E-state index is -1.06. The summed E-state index contributed by atoms with van der Waals surface area (Å²) >= 11 is 5.83. The fraction of sp³-hybridized carbons (Fsp3) is 0.385. The van der Waals surface area contributed by atoms with Crippen LogP contribution in [0.1, 0.15) is 29.6 Å². The molecule has 0 aromatic heterocycles. The lowest BCUT2D eigenvalue weighted by Crippen LogP contribution is -2.48. The number of halogens is 1. The smallest absolute Gasteiger partial charge is 0.337 e. The van der Waals surface area contributed by atoms with Crippen molar-refractivity contribution < 1.29 is 14.7 Å². The van der Waals surface area contributed by atoms with Gasteiger partial charge in [-0.15, -0.1) is 0 Å². The standard InChI is InChI=1S/C13H15ClN2O3/c14-8-4-5-10(9(7-8)13(18)19)16-6-2-1-3-11(16)12(15)17/h4-5,7,11H,1-3,6H2,(H2,15,17)(H,18,19). The fourth-order valence-corrected chi connectivity index (χ4v) is 2.62. The van der Waals surface area contributed by atoms with Crippen molar-refractivity contribution in [2.24, 2.45) is 5.73 Å². The van der Waals surface area contributed by atoms with Crippen LogP contribution in [-0.2, 0) is 4.79 Å². The van der Waals surface area contributed by atoms with E-state index in [1.54, 1.807) is 17.0 Å². The molecule has 1 atom stereocenters. The van der Waals surface area contributed by atoms with Crippen LogP contribution in [0.25, 0.3) is 0 Å². The molecule has 1 unspecified atom stereocenters. The zero-order valence-corrected chi connectivity index (χ0v) is 11.1. The van der Waals surface area contributed by atoms with Crippen molar-refractivity contribution in [2.45, 2.75) is 25.3 Å². The third kappa shape index (κ3) is 2.81. The molecular formula is C13H15ClN2O3. The normalized spacial score (nSPS) is 19.2. The molecule has 0 saturated carbocycles. The molecule has 1 aliphatic rings. The highest BCUT2D eigenvalue weighted by Gasteiger charge is 2.29. The number of carboxylic acids is 1. The number of benzene rings is 1. The first-order chi connectivity index (χ1) is 9.00. The van der Waals surface area contributed by atoms with E-state index in [2.05, 4.69) is 0 Å². The van der Waals surface area contributed by atoms with Crippen LogP contribution in [-0.4, -0.2) is 29.6 Å². The number of aromatic carboxylic acids is 1. The van der Waals surface area contributed by atoms with E-state index in [1.165, 1.54) is 6.07 Å². The predicted octanol–water partition coefficient (Wildman–Crippen LogP) is 1.88. The Kier molecular flexibility index (Phi) is 3.95. The minimum absolute atomic E-state index is 0.0978. The first-order valence-corrected chi connectivity index (χ1v) is 6.47. The molecule has 0 spiro atoms. The number of carbonyl (C=O) groups excluding carboxylic acids is 1. The number of primary amides is 1. The Morgan fingerprint density at radius 3 is 2.74 bits per heavy atom. The van der Waals surface area contributed by atoms with Crippen molar-refractivity contribution in [3.63, 3.8) is 0 Å². The number of anilines is 1. The second-order valence-corrected chi connectivity index (χ2v) is 5.01. The van der Waals surface area contributed by atoms with Gasteiger partial charge in [-0.2, -0.15) is 0 Å². The molecule has 1 fully saturated rings. The van der Waals surface area contributed by atoms with Gasteiger partial charge in [-0.25, -0.2) is 4.79 Å². The van der Waals surface area contributed by atoms with E-state index in [9.17, 15) is 14.7 Å². The van der Waals surface area contributed by atoms with Gasteiger partial charge in [-0.1, -0.05) is 11.6 Å². The highest BCUT2D eigenvalue weighted by molar-refractivity contribution is 6.31. The van der Waals surface area contributed by atoms with Gasteiger partial charge in [0.1, 0.15) is 6.04 Å². The van der Waals surface area contributed by atoms with Crippen molar-refractivity contribution in [3.05, 3.63) is 28.8 Å². The Labute approximate surface area is 116 Å². The second kappa shape index (κ2) is 5.48. The molecule has 0 aliphatic carbocycles. The van der Waals surface area contributed by atoms with Gasteiger partial charge in [0.05, 0.1) is 11.3 Å². The van der Waals surface area contributed by atoms with Gasteiger partial charge in [0.2, 0.25) is 5.91 Å². The molecule has 3 N–H and O–H groups in total. The van der Waals surface area contributed by atoms with Crippen LogP contribution < -0.4 is 10.6 Å². The van der Waals surface area contributed by atoms with Gasteiger partial charge in [0.25, 0.3) is 0 Å². The summed E-state index contributed by atoms with van der Waals surface area (Å²) in [7, 11) is 0. The Morgan fingerprint density at radius 1 is 1.37 bits per heavy atom. The lowest BCUT2D eigenvalue weighted by atomic mass is 9.99. The monoisotopic (exact) mass is 282 g/mol. The van der Waals surface area contributed by atoms with E-state index in [1.807, 2.05) is 0 Å². The number of carbonyl (C=O) groups is 2. The van der Waals surface area contributed by atoms with E-state index in [-0.39, 0.29) is 5.56 Å². The van der Waals surface area contributed by atoms with Crippen molar-refractivity contribution in [2.75, 3.05) is 11.4 Å². The Bertz CT molecular complexity index is 519. The summed E-state index contributed by atoms with van der Waals surface area (Å²) in [5, 5.41) is 9.60. The molecule has 1 heterocycles. The summed E-state index contributed by atoms with van der Waals surface area (Å²) in [6.07, 6.45) is 2.47. The molecule has 0 bridgehead atoms. The summed E-state index contributed by atoms with van der Waals surface area (Å²) in [5.41, 5.74) is 6.00. The molecule has 0 radical (unpaired) electrons. The SMILES string of the molecule is NC(=O)C1CCCCN1c1ccc(Cl)cc1C(=O)O. The maximum atomic E-state index is 11.5. The molecule has 1 aliphatic heterocycles. The molecular weight excluding hydrogens is 268 g/mol. The summed E-state index contributed by atoms with van der Waals surface area (Å²) < 4.78 is 0. The Balaban J connectivity index is 2.44.